The quantitative estimate of drug-likeness (QED) is 0.0651. The molecule has 0 saturated carbocycles. The summed E-state index contributed by atoms with van der Waals surface area (Å²) in [6.45, 7) is 2.43. The highest BCUT2D eigenvalue weighted by molar-refractivity contribution is 5.97. The number of aromatic amines is 1. The predicted molar refractivity (Wildman–Crippen MR) is 166 cm³/mol. The minimum Gasteiger partial charge on any atom is -0.480 e. The van der Waals surface area contributed by atoms with E-state index >= 15 is 0 Å². The van der Waals surface area contributed by atoms with Crippen molar-refractivity contribution in [3.05, 3.63) is 52.1 Å². The number of carboxylic acid groups (broad SMARTS) is 1. The maximum atomic E-state index is 12.7. The van der Waals surface area contributed by atoms with Gasteiger partial charge in [0.1, 0.15) is 6.04 Å². The number of carbonyl (C=O) groups is 4. The summed E-state index contributed by atoms with van der Waals surface area (Å²) in [7, 11) is 0. The van der Waals surface area contributed by atoms with Crippen LogP contribution in [0.4, 0.5) is 11.6 Å². The lowest BCUT2D eigenvalue weighted by atomic mass is 10.1. The Hall–Kier alpha value is -5.20. The molecule has 0 radical (unpaired) electrons. The number of nitrogens with two attached hydrogens (primary N) is 2. The molecule has 0 saturated heterocycles. The molecule has 18 heteroatoms. The molecule has 2 heterocycles. The molecule has 3 aromatic rings. The van der Waals surface area contributed by atoms with Gasteiger partial charge < -0.3 is 47.3 Å². The van der Waals surface area contributed by atoms with E-state index in [1.54, 1.807) is 12.1 Å². The first-order valence-corrected chi connectivity index (χ1v) is 14.4. The second kappa shape index (κ2) is 18.6. The summed E-state index contributed by atoms with van der Waals surface area (Å²) >= 11 is 0. The van der Waals surface area contributed by atoms with Crippen molar-refractivity contribution in [1.82, 2.24) is 35.9 Å². The van der Waals surface area contributed by atoms with Crippen molar-refractivity contribution in [2.45, 2.75) is 31.8 Å². The van der Waals surface area contributed by atoms with E-state index in [1.807, 2.05) is 0 Å². The number of H-pyrrole nitrogens is 1. The summed E-state index contributed by atoms with van der Waals surface area (Å²) in [5, 5.41) is 20.3. The maximum Gasteiger partial charge on any atom is 0.326 e. The fourth-order valence-electron chi connectivity index (χ4n) is 3.91. The standard InChI is InChI=1S/C28H38N10O8/c29-8-12-46-14-13-45-11-7-22(40)32-10-9-31-21(39)6-5-20(27(43)44)36-25(41)17-1-3-18(4-2-17)33-15-19-16-34-24-23(35-19)26(42)38-28(30)37-24/h1-4,16,20,33H,5-15,29H2,(H,31,39)(H,32,40)(H,36,41)(H,43,44)(H3,30,34,37,38,42). The second-order valence-electron chi connectivity index (χ2n) is 9.78. The number of ether oxygens (including phenoxy) is 2. The Labute approximate surface area is 263 Å². The van der Waals surface area contributed by atoms with Crippen LogP contribution in [0.25, 0.3) is 11.2 Å². The number of nitrogens with one attached hydrogen (secondary N) is 5. The van der Waals surface area contributed by atoms with E-state index in [0.29, 0.717) is 37.7 Å². The van der Waals surface area contributed by atoms with E-state index < -0.39 is 29.4 Å². The number of aliphatic carboxylic acids is 1. The van der Waals surface area contributed by atoms with Gasteiger partial charge in [0.15, 0.2) is 11.2 Å². The first-order chi connectivity index (χ1) is 22.2. The van der Waals surface area contributed by atoms with Crippen LogP contribution >= 0.6 is 0 Å². The average Bonchev–Trinajstić information content (AvgIpc) is 3.03. The van der Waals surface area contributed by atoms with Crippen LogP contribution in [0, 0.1) is 0 Å². The first-order valence-electron chi connectivity index (χ1n) is 14.4. The number of benzene rings is 1. The van der Waals surface area contributed by atoms with Crippen molar-refractivity contribution in [3.8, 4) is 0 Å². The SMILES string of the molecule is NCCOCCOCCC(=O)NCCNC(=O)CCC(NC(=O)c1ccc(NCc2cnc3nc(N)[nH]c(=O)c3n2)cc1)C(=O)O. The topological polar surface area (TPSA) is 279 Å². The van der Waals surface area contributed by atoms with Crippen LogP contribution in [-0.2, 0) is 30.4 Å². The van der Waals surface area contributed by atoms with Crippen LogP contribution in [0.1, 0.15) is 35.3 Å². The molecule has 2 aromatic heterocycles. The summed E-state index contributed by atoms with van der Waals surface area (Å²) in [6, 6.07) is 4.95. The molecule has 0 spiro atoms. The van der Waals surface area contributed by atoms with Crippen LogP contribution in [0.15, 0.2) is 35.3 Å². The Kier molecular flexibility index (Phi) is 14.2. The van der Waals surface area contributed by atoms with Crippen molar-refractivity contribution < 1.29 is 33.8 Å². The number of carbonyl (C=O) groups excluding carboxylic acids is 3. The second-order valence-corrected chi connectivity index (χ2v) is 9.78. The summed E-state index contributed by atoms with van der Waals surface area (Å²) in [5.74, 6) is -2.63. The van der Waals surface area contributed by atoms with Crippen LogP contribution in [0.2, 0.25) is 0 Å². The number of rotatable bonds is 20. The molecule has 1 unspecified atom stereocenters. The van der Waals surface area contributed by atoms with Gasteiger partial charge in [-0.3, -0.25) is 24.2 Å². The summed E-state index contributed by atoms with van der Waals surface area (Å²) in [6.07, 6.45) is 1.32. The molecule has 0 aliphatic heterocycles. The summed E-state index contributed by atoms with van der Waals surface area (Å²) in [4.78, 5) is 75.1. The van der Waals surface area contributed by atoms with Gasteiger partial charge in [0.2, 0.25) is 17.8 Å². The number of carboxylic acids is 1. The Bertz CT molecular complexity index is 1530. The van der Waals surface area contributed by atoms with Crippen molar-refractivity contribution in [3.63, 3.8) is 0 Å². The van der Waals surface area contributed by atoms with E-state index in [9.17, 15) is 29.1 Å². The molecule has 0 bridgehead atoms. The largest absolute Gasteiger partial charge is 0.480 e. The fourth-order valence-corrected chi connectivity index (χ4v) is 3.91. The minimum absolute atomic E-state index is 0.0500. The van der Waals surface area contributed by atoms with E-state index in [0.717, 1.165) is 0 Å². The van der Waals surface area contributed by atoms with Gasteiger partial charge in [0.05, 0.1) is 44.9 Å². The predicted octanol–water partition coefficient (Wildman–Crippen LogP) is -1.51. The van der Waals surface area contributed by atoms with Crippen LogP contribution in [0.3, 0.4) is 0 Å². The number of hydrogen-bond acceptors (Lipinski definition) is 13. The van der Waals surface area contributed by atoms with E-state index in [4.69, 9.17) is 20.9 Å². The van der Waals surface area contributed by atoms with Gasteiger partial charge in [-0.15, -0.1) is 0 Å². The average molecular weight is 643 g/mol. The lowest BCUT2D eigenvalue weighted by molar-refractivity contribution is -0.139. The Morgan fingerprint density at radius 2 is 1.61 bits per heavy atom. The molecule has 0 aliphatic rings. The van der Waals surface area contributed by atoms with Crippen LogP contribution in [0.5, 0.6) is 0 Å². The van der Waals surface area contributed by atoms with E-state index in [-0.39, 0.29) is 74.1 Å². The Balaban J connectivity index is 1.35. The minimum atomic E-state index is -1.30. The normalized spacial score (nSPS) is 11.5. The van der Waals surface area contributed by atoms with Gasteiger partial charge in [-0.2, -0.15) is 4.98 Å². The number of hydrogen-bond donors (Lipinski definition) is 8. The summed E-state index contributed by atoms with van der Waals surface area (Å²) in [5.41, 5.74) is 11.8. The van der Waals surface area contributed by atoms with Crippen molar-refractivity contribution in [2.75, 3.05) is 57.1 Å². The highest BCUT2D eigenvalue weighted by Crippen LogP contribution is 2.12. The van der Waals surface area contributed by atoms with E-state index in [1.165, 1.54) is 18.3 Å². The lowest BCUT2D eigenvalue weighted by Gasteiger charge is -2.15. The molecule has 1 aromatic carbocycles. The zero-order chi connectivity index (χ0) is 33.3. The zero-order valence-corrected chi connectivity index (χ0v) is 25.0. The molecular formula is C28H38N10O8. The molecule has 0 fully saturated rings. The number of fused-ring (bicyclic) bond motifs is 1. The monoisotopic (exact) mass is 642 g/mol. The molecular weight excluding hydrogens is 604 g/mol. The first kappa shape index (κ1) is 35.3. The smallest absolute Gasteiger partial charge is 0.326 e. The number of anilines is 2. The Morgan fingerprint density at radius 3 is 2.28 bits per heavy atom. The van der Waals surface area contributed by atoms with Crippen LogP contribution in [-0.4, -0.2) is 101 Å². The van der Waals surface area contributed by atoms with Gasteiger partial charge in [-0.05, 0) is 30.7 Å². The van der Waals surface area contributed by atoms with Gasteiger partial charge in [0, 0.05) is 43.7 Å². The molecule has 248 valence electrons. The number of aromatic nitrogens is 4. The third-order valence-corrected chi connectivity index (χ3v) is 6.25. The number of nitrogen functional groups attached to an aromatic ring is 1. The molecule has 3 amide bonds. The number of amides is 3. The summed E-state index contributed by atoms with van der Waals surface area (Å²) < 4.78 is 10.4. The van der Waals surface area contributed by atoms with Gasteiger partial charge in [-0.25, -0.2) is 14.8 Å². The van der Waals surface area contributed by atoms with Gasteiger partial charge in [0.25, 0.3) is 11.5 Å². The van der Waals surface area contributed by atoms with Crippen LogP contribution < -0.4 is 38.3 Å². The lowest BCUT2D eigenvalue weighted by Crippen LogP contribution is -2.42. The number of nitrogens with zero attached hydrogens (tertiary/aromatic N) is 3. The van der Waals surface area contributed by atoms with Gasteiger partial charge >= 0.3 is 5.97 Å². The van der Waals surface area contributed by atoms with Crippen molar-refractivity contribution in [1.29, 1.82) is 0 Å². The molecule has 10 N–H and O–H groups in total. The van der Waals surface area contributed by atoms with E-state index in [2.05, 4.69) is 41.2 Å². The fraction of sp³-hybridized carbons (Fsp3) is 0.429. The highest BCUT2D eigenvalue weighted by atomic mass is 16.5. The van der Waals surface area contributed by atoms with Crippen molar-refractivity contribution >= 4 is 46.5 Å². The third kappa shape index (κ3) is 12.1. The molecule has 0 aliphatic carbocycles. The Morgan fingerprint density at radius 1 is 0.935 bits per heavy atom. The molecule has 46 heavy (non-hydrogen) atoms. The molecule has 1 atom stereocenters. The van der Waals surface area contributed by atoms with Crippen molar-refractivity contribution in [2.24, 2.45) is 5.73 Å². The third-order valence-electron chi connectivity index (χ3n) is 6.25. The zero-order valence-electron chi connectivity index (χ0n) is 25.0. The molecule has 3 rings (SSSR count). The molecule has 18 nitrogen and oxygen atoms in total. The highest BCUT2D eigenvalue weighted by Gasteiger charge is 2.22. The maximum absolute atomic E-state index is 12.7. The van der Waals surface area contributed by atoms with Gasteiger partial charge in [-0.1, -0.05) is 0 Å².